The Morgan fingerprint density at radius 1 is 1.23 bits per heavy atom. The van der Waals surface area contributed by atoms with E-state index in [0.717, 1.165) is 5.56 Å². The molecule has 0 radical (unpaired) electrons. The number of carbonyl (C=O) groups excluding carboxylic acids is 2. The zero-order valence-corrected chi connectivity index (χ0v) is 14.9. The van der Waals surface area contributed by atoms with E-state index in [2.05, 4.69) is 10.3 Å². The molecule has 7 heteroatoms. The average molecular weight is 376 g/mol. The Morgan fingerprint density at radius 2 is 2.00 bits per heavy atom. The van der Waals surface area contributed by atoms with Gasteiger partial charge in [-0.15, -0.1) is 0 Å². The summed E-state index contributed by atoms with van der Waals surface area (Å²) in [5.74, 6) is -1.25. The second-order valence-electron chi connectivity index (χ2n) is 6.24. The minimum atomic E-state index is -0.626. The molecule has 1 aromatic carbocycles. The first-order valence-corrected chi connectivity index (χ1v) is 8.84. The predicted octanol–water partition coefficient (Wildman–Crippen LogP) is 3.04. The van der Waals surface area contributed by atoms with Crippen LogP contribution < -0.4 is 5.32 Å². The minimum absolute atomic E-state index is 0.0372. The highest BCUT2D eigenvalue weighted by Gasteiger charge is 2.29. The van der Waals surface area contributed by atoms with Gasteiger partial charge >= 0.3 is 0 Å². The van der Waals surface area contributed by atoms with Crippen molar-refractivity contribution in [1.82, 2.24) is 15.2 Å². The Morgan fingerprint density at radius 3 is 2.65 bits per heavy atom. The number of rotatable bonds is 4. The molecule has 0 atom stereocenters. The van der Waals surface area contributed by atoms with Gasteiger partial charge in [-0.1, -0.05) is 23.7 Å². The lowest BCUT2D eigenvalue weighted by Crippen LogP contribution is -2.43. The van der Waals surface area contributed by atoms with Gasteiger partial charge in [-0.25, -0.2) is 4.39 Å². The summed E-state index contributed by atoms with van der Waals surface area (Å²) < 4.78 is 13.9. The maximum Gasteiger partial charge on any atom is 0.258 e. The molecule has 5 nitrogen and oxygen atoms in total. The van der Waals surface area contributed by atoms with Crippen LogP contribution >= 0.6 is 11.6 Å². The second-order valence-corrected chi connectivity index (χ2v) is 6.65. The molecule has 0 saturated carbocycles. The van der Waals surface area contributed by atoms with Gasteiger partial charge < -0.3 is 10.2 Å². The lowest BCUT2D eigenvalue weighted by atomic mass is 9.95. The lowest BCUT2D eigenvalue weighted by molar-refractivity contribution is -0.126. The Kier molecular flexibility index (Phi) is 5.83. The van der Waals surface area contributed by atoms with Crippen LogP contribution in [0.1, 0.15) is 28.8 Å². The van der Waals surface area contributed by atoms with Crippen molar-refractivity contribution in [2.45, 2.75) is 19.4 Å². The summed E-state index contributed by atoms with van der Waals surface area (Å²) in [4.78, 5) is 30.4. The third-order valence-electron chi connectivity index (χ3n) is 4.52. The second kappa shape index (κ2) is 8.27. The fraction of sp³-hybridized carbons (Fsp3) is 0.316. The zero-order chi connectivity index (χ0) is 18.5. The van der Waals surface area contributed by atoms with E-state index >= 15 is 0 Å². The quantitative estimate of drug-likeness (QED) is 0.893. The molecule has 1 saturated heterocycles. The molecule has 3 rings (SSSR count). The number of nitrogens with zero attached hydrogens (tertiary/aromatic N) is 2. The number of pyridine rings is 1. The van der Waals surface area contributed by atoms with Crippen molar-refractivity contribution >= 4 is 23.4 Å². The number of piperidine rings is 1. The number of halogens is 2. The monoisotopic (exact) mass is 375 g/mol. The van der Waals surface area contributed by atoms with Crippen LogP contribution in [0.15, 0.2) is 42.7 Å². The first-order chi connectivity index (χ1) is 12.6. The number of amides is 2. The summed E-state index contributed by atoms with van der Waals surface area (Å²) in [6, 6.07) is 7.90. The predicted molar refractivity (Wildman–Crippen MR) is 96.1 cm³/mol. The van der Waals surface area contributed by atoms with Gasteiger partial charge in [-0.05, 0) is 36.6 Å². The van der Waals surface area contributed by atoms with Gasteiger partial charge in [0.25, 0.3) is 5.91 Å². The van der Waals surface area contributed by atoms with E-state index < -0.39 is 11.7 Å². The molecule has 0 aliphatic carbocycles. The standard InChI is InChI=1S/C19H19ClFN3O2/c20-15-4-1-5-16(21)17(15)19(26)24-9-6-14(7-10-24)18(25)23-12-13-3-2-8-22-11-13/h1-5,8,11,14H,6-7,9-10,12H2,(H,23,25). The van der Waals surface area contributed by atoms with Gasteiger partial charge in [-0.2, -0.15) is 0 Å². The van der Waals surface area contributed by atoms with Crippen molar-refractivity contribution < 1.29 is 14.0 Å². The third kappa shape index (κ3) is 4.19. The van der Waals surface area contributed by atoms with Crippen LogP contribution in [0.2, 0.25) is 5.02 Å². The number of aromatic nitrogens is 1. The first kappa shape index (κ1) is 18.3. The van der Waals surface area contributed by atoms with Gasteiger partial charge in [0, 0.05) is 37.9 Å². The summed E-state index contributed by atoms with van der Waals surface area (Å²) in [7, 11) is 0. The Hall–Kier alpha value is -2.47. The Bertz CT molecular complexity index is 772. The van der Waals surface area contributed by atoms with Crippen molar-refractivity contribution in [2.24, 2.45) is 5.92 Å². The van der Waals surface area contributed by atoms with Crippen molar-refractivity contribution in [3.8, 4) is 0 Å². The fourth-order valence-electron chi connectivity index (χ4n) is 3.04. The zero-order valence-electron chi connectivity index (χ0n) is 14.1. The number of benzene rings is 1. The smallest absolute Gasteiger partial charge is 0.258 e. The molecule has 0 spiro atoms. The highest BCUT2D eigenvalue weighted by molar-refractivity contribution is 6.33. The van der Waals surface area contributed by atoms with E-state index in [1.807, 2.05) is 12.1 Å². The SMILES string of the molecule is O=C(NCc1cccnc1)C1CCN(C(=O)c2c(F)cccc2Cl)CC1. The van der Waals surface area contributed by atoms with Crippen LogP contribution in [-0.2, 0) is 11.3 Å². The first-order valence-electron chi connectivity index (χ1n) is 8.46. The summed E-state index contributed by atoms with van der Waals surface area (Å²) in [5.41, 5.74) is 0.830. The third-order valence-corrected chi connectivity index (χ3v) is 4.83. The molecule has 136 valence electrons. The Balaban J connectivity index is 1.54. The van der Waals surface area contributed by atoms with Crippen molar-refractivity contribution in [1.29, 1.82) is 0 Å². The normalized spacial score (nSPS) is 14.9. The van der Waals surface area contributed by atoms with E-state index in [4.69, 9.17) is 11.6 Å². The van der Waals surface area contributed by atoms with Crippen molar-refractivity contribution in [2.75, 3.05) is 13.1 Å². The molecule has 26 heavy (non-hydrogen) atoms. The summed E-state index contributed by atoms with van der Waals surface area (Å²) in [6.45, 7) is 1.22. The van der Waals surface area contributed by atoms with Gasteiger partial charge in [0.2, 0.25) is 5.91 Å². The molecule has 1 aromatic heterocycles. The molecule has 1 fully saturated rings. The van der Waals surface area contributed by atoms with Crippen LogP contribution in [0.25, 0.3) is 0 Å². The Labute approximate surface area is 156 Å². The molecule has 1 aliphatic rings. The molecule has 2 amide bonds. The summed E-state index contributed by atoms with van der Waals surface area (Å²) in [6.07, 6.45) is 4.47. The molecule has 2 aromatic rings. The molecule has 1 N–H and O–H groups in total. The van der Waals surface area contributed by atoms with Crippen molar-refractivity contribution in [3.05, 3.63) is 64.7 Å². The maximum atomic E-state index is 13.9. The van der Waals surface area contributed by atoms with E-state index in [1.54, 1.807) is 17.3 Å². The van der Waals surface area contributed by atoms with Gasteiger partial charge in [0.15, 0.2) is 0 Å². The lowest BCUT2D eigenvalue weighted by Gasteiger charge is -2.31. The highest BCUT2D eigenvalue weighted by atomic mass is 35.5. The minimum Gasteiger partial charge on any atom is -0.352 e. The van der Waals surface area contributed by atoms with Gasteiger partial charge in [0.1, 0.15) is 5.82 Å². The maximum absolute atomic E-state index is 13.9. The molecular formula is C19H19ClFN3O2. The topological polar surface area (TPSA) is 62.3 Å². The van der Waals surface area contributed by atoms with E-state index in [1.165, 1.54) is 18.2 Å². The number of hydrogen-bond donors (Lipinski definition) is 1. The fourth-order valence-corrected chi connectivity index (χ4v) is 3.29. The van der Waals surface area contributed by atoms with Crippen LogP contribution in [-0.4, -0.2) is 34.8 Å². The molecule has 0 unspecified atom stereocenters. The summed E-state index contributed by atoms with van der Waals surface area (Å²) in [5, 5.41) is 3.00. The number of nitrogens with one attached hydrogen (secondary N) is 1. The van der Waals surface area contributed by atoms with Crippen LogP contribution in [0.3, 0.4) is 0 Å². The molecular weight excluding hydrogens is 357 g/mol. The molecule has 1 aliphatic heterocycles. The van der Waals surface area contributed by atoms with E-state index in [9.17, 15) is 14.0 Å². The van der Waals surface area contributed by atoms with E-state index in [-0.39, 0.29) is 22.4 Å². The van der Waals surface area contributed by atoms with Gasteiger partial charge in [-0.3, -0.25) is 14.6 Å². The van der Waals surface area contributed by atoms with E-state index in [0.29, 0.717) is 32.5 Å². The number of carbonyl (C=O) groups is 2. The highest BCUT2D eigenvalue weighted by Crippen LogP contribution is 2.24. The van der Waals surface area contributed by atoms with Gasteiger partial charge in [0.05, 0.1) is 10.6 Å². The molecule has 0 bridgehead atoms. The largest absolute Gasteiger partial charge is 0.352 e. The van der Waals surface area contributed by atoms with Crippen LogP contribution in [0.4, 0.5) is 4.39 Å². The van der Waals surface area contributed by atoms with Crippen LogP contribution in [0.5, 0.6) is 0 Å². The van der Waals surface area contributed by atoms with Crippen LogP contribution in [0, 0.1) is 11.7 Å². The summed E-state index contributed by atoms with van der Waals surface area (Å²) >= 11 is 5.97. The number of likely N-dealkylation sites (tertiary alicyclic amines) is 1. The van der Waals surface area contributed by atoms with Crippen molar-refractivity contribution in [3.63, 3.8) is 0 Å². The number of hydrogen-bond acceptors (Lipinski definition) is 3. The molecule has 2 heterocycles. The average Bonchev–Trinajstić information content (AvgIpc) is 2.67.